The third-order valence-electron chi connectivity index (χ3n) is 3.61. The maximum atomic E-state index is 10.5. The number of aliphatic hydroxyl groups is 1. The maximum Gasteiger partial charge on any atom is 0.138 e. The van der Waals surface area contributed by atoms with Crippen LogP contribution in [0, 0.1) is 0 Å². The largest absolute Gasteiger partial charge is 0.388 e. The average molecular weight is 258 g/mol. The Hall–Kier alpha value is -1.88. The van der Waals surface area contributed by atoms with Gasteiger partial charge in [0.25, 0.3) is 0 Å². The van der Waals surface area contributed by atoms with Crippen LogP contribution in [0.25, 0.3) is 0 Å². The molecule has 1 atom stereocenters. The number of rotatable bonds is 4. The lowest BCUT2D eigenvalue weighted by molar-refractivity contribution is 0.174. The molecule has 1 aromatic carbocycles. The van der Waals surface area contributed by atoms with E-state index in [0.29, 0.717) is 6.42 Å². The van der Waals surface area contributed by atoms with E-state index in [0.717, 1.165) is 36.6 Å². The van der Waals surface area contributed by atoms with E-state index in [4.69, 9.17) is 0 Å². The molecule has 1 unspecified atom stereocenters. The quantitative estimate of drug-likeness (QED) is 0.873. The van der Waals surface area contributed by atoms with E-state index in [1.54, 1.807) is 6.33 Å². The number of aromatic nitrogens is 3. The van der Waals surface area contributed by atoms with Gasteiger partial charge in [0.1, 0.15) is 12.2 Å². The predicted octanol–water partition coefficient (Wildman–Crippen LogP) is 1.54. The van der Waals surface area contributed by atoms with Crippen molar-refractivity contribution in [3.05, 3.63) is 41.5 Å². The summed E-state index contributed by atoms with van der Waals surface area (Å²) in [6, 6.07) is 6.10. The Kier molecular flexibility index (Phi) is 3.21. The highest BCUT2D eigenvalue weighted by Crippen LogP contribution is 2.31. The second-order valence-corrected chi connectivity index (χ2v) is 4.77. The van der Waals surface area contributed by atoms with E-state index in [1.807, 2.05) is 23.7 Å². The Morgan fingerprint density at radius 3 is 3.21 bits per heavy atom. The predicted molar refractivity (Wildman–Crippen MR) is 73.0 cm³/mol. The molecule has 0 radical (unpaired) electrons. The minimum absolute atomic E-state index is 0.492. The lowest BCUT2D eigenvalue weighted by Crippen LogP contribution is -2.10. The van der Waals surface area contributed by atoms with Crippen LogP contribution in [0.5, 0.6) is 0 Å². The molecular weight excluding hydrogens is 240 g/mol. The van der Waals surface area contributed by atoms with Crippen molar-refractivity contribution in [2.75, 3.05) is 11.9 Å². The molecule has 0 saturated heterocycles. The molecule has 0 bridgehead atoms. The van der Waals surface area contributed by atoms with Crippen molar-refractivity contribution >= 4 is 5.69 Å². The molecule has 0 aliphatic carbocycles. The zero-order valence-corrected chi connectivity index (χ0v) is 11.0. The summed E-state index contributed by atoms with van der Waals surface area (Å²) in [7, 11) is 0. The van der Waals surface area contributed by atoms with Crippen molar-refractivity contribution in [1.82, 2.24) is 14.8 Å². The van der Waals surface area contributed by atoms with Crippen LogP contribution in [0.15, 0.2) is 24.5 Å². The van der Waals surface area contributed by atoms with Crippen molar-refractivity contribution in [2.24, 2.45) is 0 Å². The van der Waals surface area contributed by atoms with Crippen LogP contribution in [0.2, 0.25) is 0 Å². The van der Waals surface area contributed by atoms with Gasteiger partial charge in [-0.25, -0.2) is 4.98 Å². The Bertz CT molecular complexity index is 579. The van der Waals surface area contributed by atoms with Crippen LogP contribution >= 0.6 is 0 Å². The van der Waals surface area contributed by atoms with Gasteiger partial charge < -0.3 is 10.4 Å². The molecule has 5 heteroatoms. The lowest BCUT2D eigenvalue weighted by atomic mass is 10.0. The summed E-state index contributed by atoms with van der Waals surface area (Å²) >= 11 is 0. The third-order valence-corrected chi connectivity index (χ3v) is 3.61. The summed E-state index contributed by atoms with van der Waals surface area (Å²) < 4.78 is 1.82. The highest BCUT2D eigenvalue weighted by Gasteiger charge is 2.20. The molecule has 2 aromatic rings. The van der Waals surface area contributed by atoms with Crippen LogP contribution < -0.4 is 5.32 Å². The van der Waals surface area contributed by atoms with Gasteiger partial charge in [0, 0.05) is 30.8 Å². The normalized spacial score (nSPS) is 15.1. The monoisotopic (exact) mass is 258 g/mol. The number of aliphatic hydroxyl groups excluding tert-OH is 1. The number of hydrogen-bond acceptors (Lipinski definition) is 4. The van der Waals surface area contributed by atoms with E-state index in [-0.39, 0.29) is 0 Å². The minimum atomic E-state index is -0.546. The summed E-state index contributed by atoms with van der Waals surface area (Å²) in [4.78, 5) is 4.22. The average Bonchev–Trinajstić information content (AvgIpc) is 3.05. The molecule has 0 fully saturated rings. The molecule has 2 N–H and O–H groups in total. The standard InChI is InChI=1S/C14H18N4O/c1-2-18-13(16-9-17-18)8-12(19)11-5-3-4-10-6-7-15-14(10)11/h3-5,9,12,15,19H,2,6-8H2,1H3. The van der Waals surface area contributed by atoms with Gasteiger partial charge >= 0.3 is 0 Å². The van der Waals surface area contributed by atoms with Gasteiger partial charge in [0.15, 0.2) is 0 Å². The first-order valence-electron chi connectivity index (χ1n) is 6.70. The molecular formula is C14H18N4O. The molecule has 3 rings (SSSR count). The maximum absolute atomic E-state index is 10.5. The van der Waals surface area contributed by atoms with Crippen molar-refractivity contribution in [3.63, 3.8) is 0 Å². The van der Waals surface area contributed by atoms with E-state index in [1.165, 1.54) is 5.56 Å². The second kappa shape index (κ2) is 5.01. The van der Waals surface area contributed by atoms with E-state index < -0.39 is 6.10 Å². The summed E-state index contributed by atoms with van der Waals surface area (Å²) in [6.45, 7) is 3.74. The van der Waals surface area contributed by atoms with Gasteiger partial charge in [0.2, 0.25) is 0 Å². The summed E-state index contributed by atoms with van der Waals surface area (Å²) in [5.41, 5.74) is 3.34. The number of aryl methyl sites for hydroxylation is 1. The van der Waals surface area contributed by atoms with Crippen molar-refractivity contribution in [3.8, 4) is 0 Å². The minimum Gasteiger partial charge on any atom is -0.388 e. The fourth-order valence-electron chi connectivity index (χ4n) is 2.64. The van der Waals surface area contributed by atoms with E-state index in [9.17, 15) is 5.11 Å². The molecule has 0 saturated carbocycles. The molecule has 0 spiro atoms. The van der Waals surface area contributed by atoms with E-state index in [2.05, 4.69) is 21.5 Å². The summed E-state index contributed by atoms with van der Waals surface area (Å²) in [6.07, 6.45) is 2.52. The van der Waals surface area contributed by atoms with Gasteiger partial charge in [0.05, 0.1) is 6.10 Å². The van der Waals surface area contributed by atoms with E-state index >= 15 is 0 Å². The van der Waals surface area contributed by atoms with Crippen molar-refractivity contribution in [2.45, 2.75) is 32.4 Å². The first-order valence-corrected chi connectivity index (χ1v) is 6.70. The fraction of sp³-hybridized carbons (Fsp3) is 0.429. The van der Waals surface area contributed by atoms with Crippen LogP contribution in [-0.2, 0) is 19.4 Å². The van der Waals surface area contributed by atoms with Gasteiger partial charge in [-0.1, -0.05) is 18.2 Å². The molecule has 100 valence electrons. The molecule has 2 heterocycles. The Balaban J connectivity index is 1.85. The molecule has 19 heavy (non-hydrogen) atoms. The van der Waals surface area contributed by atoms with Gasteiger partial charge in [-0.2, -0.15) is 5.10 Å². The first kappa shape index (κ1) is 12.2. The molecule has 1 aromatic heterocycles. The molecule has 5 nitrogen and oxygen atoms in total. The summed E-state index contributed by atoms with van der Waals surface area (Å²) in [5, 5.41) is 17.9. The van der Waals surface area contributed by atoms with Crippen LogP contribution in [0.3, 0.4) is 0 Å². The van der Waals surface area contributed by atoms with Gasteiger partial charge in [-0.3, -0.25) is 4.68 Å². The smallest absolute Gasteiger partial charge is 0.138 e. The number of benzene rings is 1. The molecule has 1 aliphatic rings. The first-order chi connectivity index (χ1) is 9.29. The number of hydrogen-bond donors (Lipinski definition) is 2. The highest BCUT2D eigenvalue weighted by atomic mass is 16.3. The summed E-state index contributed by atoms with van der Waals surface area (Å²) in [5.74, 6) is 0.825. The zero-order valence-electron chi connectivity index (χ0n) is 11.0. The number of nitrogens with zero attached hydrogens (tertiary/aromatic N) is 3. The topological polar surface area (TPSA) is 63.0 Å². The SMILES string of the molecule is CCn1ncnc1CC(O)c1cccc2c1NCC2. The number of para-hydroxylation sites is 1. The highest BCUT2D eigenvalue weighted by molar-refractivity contribution is 5.61. The number of nitrogens with one attached hydrogen (secondary N) is 1. The molecule has 1 aliphatic heterocycles. The Morgan fingerprint density at radius 1 is 1.47 bits per heavy atom. The Labute approximate surface area is 112 Å². The van der Waals surface area contributed by atoms with Crippen LogP contribution in [-0.4, -0.2) is 26.4 Å². The zero-order chi connectivity index (χ0) is 13.2. The van der Waals surface area contributed by atoms with Gasteiger partial charge in [-0.05, 0) is 18.9 Å². The number of anilines is 1. The third kappa shape index (κ3) is 2.21. The number of fused-ring (bicyclic) bond motifs is 1. The second-order valence-electron chi connectivity index (χ2n) is 4.77. The van der Waals surface area contributed by atoms with Crippen LogP contribution in [0.1, 0.15) is 30.0 Å². The lowest BCUT2D eigenvalue weighted by Gasteiger charge is -2.15. The fourth-order valence-corrected chi connectivity index (χ4v) is 2.64. The molecule has 0 amide bonds. The van der Waals surface area contributed by atoms with Crippen LogP contribution in [0.4, 0.5) is 5.69 Å². The van der Waals surface area contributed by atoms with Gasteiger partial charge in [-0.15, -0.1) is 0 Å². The Morgan fingerprint density at radius 2 is 2.37 bits per heavy atom. The van der Waals surface area contributed by atoms with Crippen molar-refractivity contribution in [1.29, 1.82) is 0 Å². The van der Waals surface area contributed by atoms with Crippen molar-refractivity contribution < 1.29 is 5.11 Å².